The Balaban J connectivity index is 1.38. The number of carbonyl (C=O) groups is 1. The van der Waals surface area contributed by atoms with Gasteiger partial charge in [0.05, 0.1) is 11.9 Å². The maximum Gasteiger partial charge on any atom is 0.243 e. The molecule has 4 heterocycles. The van der Waals surface area contributed by atoms with Gasteiger partial charge < -0.3 is 10.1 Å². The van der Waals surface area contributed by atoms with Gasteiger partial charge in [-0.3, -0.25) is 14.6 Å². The Morgan fingerprint density at radius 1 is 1.11 bits per heavy atom. The van der Waals surface area contributed by atoms with Gasteiger partial charge in [0.15, 0.2) is 0 Å². The van der Waals surface area contributed by atoms with E-state index in [4.69, 9.17) is 4.74 Å². The number of fused-ring (bicyclic) bond motifs is 4. The third kappa shape index (κ3) is 4.12. The highest BCUT2D eigenvalue weighted by Gasteiger charge is 2.34. The van der Waals surface area contributed by atoms with Gasteiger partial charge in [-0.05, 0) is 56.1 Å². The summed E-state index contributed by atoms with van der Waals surface area (Å²) in [7, 11) is 0. The molecule has 0 spiro atoms. The molecule has 0 radical (unpaired) electrons. The van der Waals surface area contributed by atoms with E-state index in [0.29, 0.717) is 11.6 Å². The Hall–Kier alpha value is -2.44. The molecular weight excluding hydrogens is 340 g/mol. The number of pyridine rings is 1. The summed E-state index contributed by atoms with van der Waals surface area (Å²) < 4.78 is 5.81. The maximum atomic E-state index is 12.7. The highest BCUT2D eigenvalue weighted by Crippen LogP contribution is 2.23. The van der Waals surface area contributed by atoms with E-state index in [9.17, 15) is 4.79 Å². The SMILES string of the molecule is Cc1ccc(Oc2ccc(NC(=O)C3CN4CCCN3CC4)cn2)cc1C. The lowest BCUT2D eigenvalue weighted by Crippen LogP contribution is -2.55. The Bertz CT molecular complexity index is 817. The van der Waals surface area contributed by atoms with Crippen molar-refractivity contribution in [1.29, 1.82) is 0 Å². The van der Waals surface area contributed by atoms with Crippen LogP contribution < -0.4 is 10.1 Å². The molecule has 2 aromatic rings. The van der Waals surface area contributed by atoms with Gasteiger partial charge in [0.2, 0.25) is 11.8 Å². The topological polar surface area (TPSA) is 57.7 Å². The summed E-state index contributed by atoms with van der Waals surface area (Å²) in [5.41, 5.74) is 3.11. The van der Waals surface area contributed by atoms with Crippen LogP contribution >= 0.6 is 0 Å². The van der Waals surface area contributed by atoms with Crippen LogP contribution in [0.3, 0.4) is 0 Å². The highest BCUT2D eigenvalue weighted by atomic mass is 16.5. The molecule has 142 valence electrons. The number of rotatable bonds is 4. The summed E-state index contributed by atoms with van der Waals surface area (Å²) in [4.78, 5) is 21.7. The third-order valence-corrected chi connectivity index (χ3v) is 5.50. The molecule has 3 aliphatic heterocycles. The van der Waals surface area contributed by atoms with E-state index in [1.165, 1.54) is 11.1 Å². The minimum Gasteiger partial charge on any atom is -0.439 e. The maximum absolute atomic E-state index is 12.7. The first-order valence-corrected chi connectivity index (χ1v) is 9.57. The Morgan fingerprint density at radius 2 is 2.00 bits per heavy atom. The minimum atomic E-state index is -0.0762. The van der Waals surface area contributed by atoms with E-state index in [1.807, 2.05) is 24.3 Å². The van der Waals surface area contributed by atoms with Gasteiger partial charge in [-0.1, -0.05) is 6.07 Å². The molecule has 5 rings (SSSR count). The number of benzene rings is 1. The van der Waals surface area contributed by atoms with Crippen molar-refractivity contribution in [1.82, 2.24) is 14.8 Å². The summed E-state index contributed by atoms with van der Waals surface area (Å²) in [5, 5.41) is 3.01. The van der Waals surface area contributed by atoms with Gasteiger partial charge in [0, 0.05) is 32.2 Å². The lowest BCUT2D eigenvalue weighted by molar-refractivity contribution is -0.122. The van der Waals surface area contributed by atoms with E-state index < -0.39 is 0 Å². The zero-order chi connectivity index (χ0) is 18.8. The second kappa shape index (κ2) is 7.66. The molecule has 0 saturated carbocycles. The first kappa shape index (κ1) is 17.9. The van der Waals surface area contributed by atoms with Crippen LogP contribution in [-0.4, -0.2) is 59.5 Å². The molecule has 2 bridgehead atoms. The van der Waals surface area contributed by atoms with Crippen LogP contribution in [0.2, 0.25) is 0 Å². The molecular formula is C21H26N4O2. The van der Waals surface area contributed by atoms with Gasteiger partial charge in [-0.15, -0.1) is 0 Å². The summed E-state index contributed by atoms with van der Waals surface area (Å²) in [6.07, 6.45) is 2.79. The number of aryl methyl sites for hydroxylation is 2. The van der Waals surface area contributed by atoms with Crippen molar-refractivity contribution < 1.29 is 9.53 Å². The van der Waals surface area contributed by atoms with Crippen molar-refractivity contribution in [3.8, 4) is 11.6 Å². The summed E-state index contributed by atoms with van der Waals surface area (Å²) >= 11 is 0. The lowest BCUT2D eigenvalue weighted by Gasteiger charge is -2.36. The molecule has 3 atom stereocenters. The molecule has 0 aliphatic carbocycles. The minimum absolute atomic E-state index is 0.0474. The number of ether oxygens (including phenoxy) is 1. The van der Waals surface area contributed by atoms with Crippen LogP contribution in [0.1, 0.15) is 17.5 Å². The summed E-state index contributed by atoms with van der Waals surface area (Å²) in [5.74, 6) is 1.32. The van der Waals surface area contributed by atoms with E-state index in [2.05, 4.69) is 33.9 Å². The zero-order valence-corrected chi connectivity index (χ0v) is 15.9. The van der Waals surface area contributed by atoms with Gasteiger partial charge in [-0.25, -0.2) is 4.98 Å². The molecule has 6 heteroatoms. The predicted molar refractivity (Wildman–Crippen MR) is 105 cm³/mol. The largest absolute Gasteiger partial charge is 0.439 e. The molecule has 1 N–H and O–H groups in total. The number of hydrogen-bond donors (Lipinski definition) is 1. The van der Waals surface area contributed by atoms with Crippen LogP contribution in [0.25, 0.3) is 0 Å². The van der Waals surface area contributed by atoms with E-state index in [0.717, 1.165) is 44.9 Å². The number of amides is 1. The molecule has 1 aromatic heterocycles. The van der Waals surface area contributed by atoms with Crippen LogP contribution in [-0.2, 0) is 4.79 Å². The van der Waals surface area contributed by atoms with Crippen molar-refractivity contribution >= 4 is 11.6 Å². The molecule has 3 fully saturated rings. The van der Waals surface area contributed by atoms with E-state index >= 15 is 0 Å². The number of hydrogen-bond acceptors (Lipinski definition) is 5. The molecule has 1 aromatic carbocycles. The average Bonchev–Trinajstić information content (AvgIpc) is 3.02. The van der Waals surface area contributed by atoms with Crippen LogP contribution in [0.5, 0.6) is 11.6 Å². The smallest absolute Gasteiger partial charge is 0.243 e. The fourth-order valence-electron chi connectivity index (χ4n) is 3.73. The second-order valence-electron chi connectivity index (χ2n) is 7.43. The van der Waals surface area contributed by atoms with Crippen LogP contribution in [0.4, 0.5) is 5.69 Å². The van der Waals surface area contributed by atoms with Gasteiger partial charge in [-0.2, -0.15) is 0 Å². The first-order valence-electron chi connectivity index (χ1n) is 9.57. The molecule has 6 nitrogen and oxygen atoms in total. The number of nitrogens with one attached hydrogen (secondary N) is 1. The Kier molecular flexibility index (Phi) is 5.09. The van der Waals surface area contributed by atoms with Crippen molar-refractivity contribution in [2.24, 2.45) is 0 Å². The van der Waals surface area contributed by atoms with Crippen LogP contribution in [0.15, 0.2) is 36.5 Å². The zero-order valence-electron chi connectivity index (χ0n) is 15.9. The summed E-state index contributed by atoms with van der Waals surface area (Å²) in [6.45, 7) is 9.06. The molecule has 3 aliphatic rings. The second-order valence-corrected chi connectivity index (χ2v) is 7.43. The highest BCUT2D eigenvalue weighted by molar-refractivity contribution is 5.95. The number of aromatic nitrogens is 1. The molecule has 27 heavy (non-hydrogen) atoms. The molecule has 3 saturated heterocycles. The number of nitrogens with zero attached hydrogens (tertiary/aromatic N) is 3. The Labute approximate surface area is 160 Å². The van der Waals surface area contributed by atoms with E-state index in [1.54, 1.807) is 12.3 Å². The number of piperazine rings is 1. The van der Waals surface area contributed by atoms with Crippen molar-refractivity contribution in [2.75, 3.05) is 38.0 Å². The van der Waals surface area contributed by atoms with E-state index in [-0.39, 0.29) is 11.9 Å². The predicted octanol–water partition coefficient (Wildman–Crippen LogP) is 2.82. The molecule has 3 unspecified atom stereocenters. The monoisotopic (exact) mass is 366 g/mol. The fourth-order valence-corrected chi connectivity index (χ4v) is 3.73. The average molecular weight is 366 g/mol. The van der Waals surface area contributed by atoms with Gasteiger partial charge in [0.25, 0.3) is 0 Å². The number of anilines is 1. The van der Waals surface area contributed by atoms with Gasteiger partial charge >= 0.3 is 0 Å². The first-order chi connectivity index (χ1) is 13.1. The van der Waals surface area contributed by atoms with Crippen molar-refractivity contribution in [2.45, 2.75) is 26.3 Å². The fraction of sp³-hybridized carbons (Fsp3) is 0.429. The standard InChI is InChI=1S/C21H26N4O2/c1-15-4-6-18(12-16(15)2)27-20-7-5-17(13-22-20)23-21(26)19-14-24-8-3-9-25(19)11-10-24/h4-7,12-13,19H,3,8-11,14H2,1-2H3,(H,23,26). The Morgan fingerprint density at radius 3 is 2.78 bits per heavy atom. The normalized spacial score (nSPS) is 24.3. The number of carbonyl (C=O) groups excluding carboxylic acids is 1. The van der Waals surface area contributed by atoms with Crippen molar-refractivity contribution in [3.05, 3.63) is 47.7 Å². The van der Waals surface area contributed by atoms with Crippen molar-refractivity contribution in [3.63, 3.8) is 0 Å². The van der Waals surface area contributed by atoms with Crippen LogP contribution in [0, 0.1) is 13.8 Å². The summed E-state index contributed by atoms with van der Waals surface area (Å²) in [6, 6.07) is 9.51. The third-order valence-electron chi connectivity index (χ3n) is 5.50. The lowest BCUT2D eigenvalue weighted by atomic mass is 10.1. The quantitative estimate of drug-likeness (QED) is 0.902. The van der Waals surface area contributed by atoms with Gasteiger partial charge in [0.1, 0.15) is 11.8 Å². The molecule has 1 amide bonds.